The Morgan fingerprint density at radius 2 is 1.93 bits per heavy atom. The minimum absolute atomic E-state index is 0.0386. The van der Waals surface area contributed by atoms with Gasteiger partial charge in [0.25, 0.3) is 0 Å². The third kappa shape index (κ3) is 4.87. The summed E-state index contributed by atoms with van der Waals surface area (Å²) in [7, 11) is 0. The highest BCUT2D eigenvalue weighted by molar-refractivity contribution is 6.07. The molecule has 158 valence electrons. The number of carbonyl (C=O) groups excluding carboxylic acids is 1. The van der Waals surface area contributed by atoms with Crippen molar-refractivity contribution in [2.45, 2.75) is 65.2 Å². The molecule has 0 spiro atoms. The first-order valence-corrected chi connectivity index (χ1v) is 9.94. The van der Waals surface area contributed by atoms with Crippen LogP contribution in [0.3, 0.4) is 0 Å². The standard InChI is InChI=1S/C21H29N3O5/c1-12(2)24-8-6-13(7-9-24)28-16-11-22-18-14(10-15(23-18)19(25)26)17(16)20(27)29-21(3,4)5/h10-13H,6-9H2,1-5H3,(H,22,23)(H,25,26). The lowest BCUT2D eigenvalue weighted by atomic mass is 10.1. The van der Waals surface area contributed by atoms with Gasteiger partial charge in [-0.15, -0.1) is 0 Å². The number of carboxylic acids is 1. The maximum atomic E-state index is 13.0. The van der Waals surface area contributed by atoms with Crippen molar-refractivity contribution in [2.24, 2.45) is 0 Å². The molecule has 0 amide bonds. The van der Waals surface area contributed by atoms with E-state index >= 15 is 0 Å². The summed E-state index contributed by atoms with van der Waals surface area (Å²) in [6.45, 7) is 11.5. The summed E-state index contributed by atoms with van der Waals surface area (Å²) in [5, 5.41) is 9.67. The Morgan fingerprint density at radius 1 is 1.28 bits per heavy atom. The SMILES string of the molecule is CC(C)N1CCC(Oc2cnc3[nH]c(C(=O)O)cc3c2C(=O)OC(C)(C)C)CC1. The number of aromatic carboxylic acids is 1. The number of esters is 1. The van der Waals surface area contributed by atoms with Crippen LogP contribution in [0.15, 0.2) is 12.3 Å². The van der Waals surface area contributed by atoms with E-state index in [1.165, 1.54) is 12.3 Å². The number of aromatic nitrogens is 2. The van der Waals surface area contributed by atoms with Crippen molar-refractivity contribution in [3.05, 3.63) is 23.5 Å². The molecule has 0 aromatic carbocycles. The normalized spacial score (nSPS) is 16.3. The zero-order valence-electron chi connectivity index (χ0n) is 17.6. The molecule has 29 heavy (non-hydrogen) atoms. The fourth-order valence-electron chi connectivity index (χ4n) is 3.49. The van der Waals surface area contributed by atoms with E-state index in [0.29, 0.717) is 22.8 Å². The van der Waals surface area contributed by atoms with Crippen LogP contribution < -0.4 is 4.74 Å². The molecule has 0 atom stereocenters. The van der Waals surface area contributed by atoms with Crippen LogP contribution in [0.2, 0.25) is 0 Å². The first-order chi connectivity index (χ1) is 13.5. The first kappa shape index (κ1) is 21.1. The highest BCUT2D eigenvalue weighted by Gasteiger charge is 2.28. The van der Waals surface area contributed by atoms with E-state index in [-0.39, 0.29) is 17.4 Å². The van der Waals surface area contributed by atoms with Crippen molar-refractivity contribution in [3.63, 3.8) is 0 Å². The topological polar surface area (TPSA) is 105 Å². The number of carboxylic acid groups (broad SMARTS) is 1. The zero-order valence-corrected chi connectivity index (χ0v) is 17.6. The maximum absolute atomic E-state index is 13.0. The highest BCUT2D eigenvalue weighted by atomic mass is 16.6. The van der Waals surface area contributed by atoms with Crippen LogP contribution in [0, 0.1) is 0 Å². The van der Waals surface area contributed by atoms with E-state index in [9.17, 15) is 14.7 Å². The summed E-state index contributed by atoms with van der Waals surface area (Å²) in [5.41, 5.74) is -0.219. The third-order valence-electron chi connectivity index (χ3n) is 4.96. The Kier molecular flexibility index (Phi) is 5.84. The molecule has 0 aliphatic carbocycles. The van der Waals surface area contributed by atoms with Gasteiger partial charge in [-0.2, -0.15) is 0 Å². The Morgan fingerprint density at radius 3 is 2.48 bits per heavy atom. The monoisotopic (exact) mass is 403 g/mol. The maximum Gasteiger partial charge on any atom is 0.352 e. The smallest absolute Gasteiger partial charge is 0.352 e. The number of carbonyl (C=O) groups is 2. The van der Waals surface area contributed by atoms with Crippen LogP contribution in [0.4, 0.5) is 0 Å². The number of aromatic amines is 1. The van der Waals surface area contributed by atoms with Gasteiger partial charge in [0.1, 0.15) is 28.6 Å². The van der Waals surface area contributed by atoms with Gasteiger partial charge >= 0.3 is 11.9 Å². The van der Waals surface area contributed by atoms with Gasteiger partial charge in [0.2, 0.25) is 0 Å². The number of fused-ring (bicyclic) bond motifs is 1. The van der Waals surface area contributed by atoms with E-state index in [1.807, 2.05) is 0 Å². The van der Waals surface area contributed by atoms with Gasteiger partial charge in [-0.3, -0.25) is 0 Å². The number of likely N-dealkylation sites (tertiary alicyclic amines) is 1. The summed E-state index contributed by atoms with van der Waals surface area (Å²) in [5.74, 6) is -1.36. The Bertz CT molecular complexity index is 905. The number of piperidine rings is 1. The molecule has 3 heterocycles. The Hall–Kier alpha value is -2.61. The molecular formula is C21H29N3O5. The Balaban J connectivity index is 1.94. The number of pyridine rings is 1. The van der Waals surface area contributed by atoms with E-state index in [1.54, 1.807) is 20.8 Å². The molecule has 2 aromatic rings. The summed E-state index contributed by atoms with van der Waals surface area (Å²) >= 11 is 0. The second kappa shape index (κ2) is 8.02. The number of ether oxygens (including phenoxy) is 2. The second-order valence-corrected chi connectivity index (χ2v) is 8.70. The molecule has 0 radical (unpaired) electrons. The van der Waals surface area contributed by atoms with Crippen molar-refractivity contribution in [1.29, 1.82) is 0 Å². The predicted molar refractivity (Wildman–Crippen MR) is 109 cm³/mol. The van der Waals surface area contributed by atoms with E-state index < -0.39 is 17.5 Å². The van der Waals surface area contributed by atoms with Gasteiger partial charge in [0.15, 0.2) is 5.75 Å². The van der Waals surface area contributed by atoms with Crippen LogP contribution in [-0.2, 0) is 4.74 Å². The molecule has 1 aliphatic heterocycles. The van der Waals surface area contributed by atoms with Gasteiger partial charge in [-0.1, -0.05) is 0 Å². The number of hydrogen-bond acceptors (Lipinski definition) is 6. The fourth-order valence-corrected chi connectivity index (χ4v) is 3.49. The van der Waals surface area contributed by atoms with E-state index in [2.05, 4.69) is 28.7 Å². The van der Waals surface area contributed by atoms with Crippen molar-refractivity contribution < 1.29 is 24.2 Å². The first-order valence-electron chi connectivity index (χ1n) is 9.94. The number of hydrogen-bond donors (Lipinski definition) is 2. The molecule has 3 rings (SSSR count). The van der Waals surface area contributed by atoms with Crippen molar-refractivity contribution >= 4 is 23.0 Å². The van der Waals surface area contributed by atoms with Crippen LogP contribution in [0.25, 0.3) is 11.0 Å². The minimum Gasteiger partial charge on any atom is -0.488 e. The number of rotatable bonds is 5. The molecule has 1 aliphatic rings. The predicted octanol–water partition coefficient (Wildman–Crippen LogP) is 3.47. The Labute approximate surface area is 170 Å². The van der Waals surface area contributed by atoms with Crippen molar-refractivity contribution in [2.75, 3.05) is 13.1 Å². The van der Waals surface area contributed by atoms with Crippen LogP contribution in [0.1, 0.15) is 68.3 Å². The minimum atomic E-state index is -1.12. The molecule has 0 bridgehead atoms. The molecular weight excluding hydrogens is 374 g/mol. The average Bonchev–Trinajstić information content (AvgIpc) is 3.05. The van der Waals surface area contributed by atoms with Crippen molar-refractivity contribution in [1.82, 2.24) is 14.9 Å². The number of nitrogens with one attached hydrogen (secondary N) is 1. The fraction of sp³-hybridized carbons (Fsp3) is 0.571. The number of nitrogens with zero attached hydrogens (tertiary/aromatic N) is 2. The third-order valence-corrected chi connectivity index (χ3v) is 4.96. The summed E-state index contributed by atoms with van der Waals surface area (Å²) in [6, 6.07) is 1.89. The average molecular weight is 403 g/mol. The highest BCUT2D eigenvalue weighted by Crippen LogP contribution is 2.31. The summed E-state index contributed by atoms with van der Waals surface area (Å²) < 4.78 is 11.7. The lowest BCUT2D eigenvalue weighted by molar-refractivity contribution is 0.00636. The van der Waals surface area contributed by atoms with Crippen LogP contribution >= 0.6 is 0 Å². The van der Waals surface area contributed by atoms with Crippen LogP contribution in [-0.4, -0.2) is 62.7 Å². The molecule has 0 saturated carbocycles. The molecule has 8 nitrogen and oxygen atoms in total. The molecule has 1 saturated heterocycles. The molecule has 0 unspecified atom stereocenters. The number of H-pyrrole nitrogens is 1. The lowest BCUT2D eigenvalue weighted by Gasteiger charge is -2.34. The van der Waals surface area contributed by atoms with E-state index in [4.69, 9.17) is 9.47 Å². The largest absolute Gasteiger partial charge is 0.488 e. The molecule has 1 fully saturated rings. The van der Waals surface area contributed by atoms with Gasteiger partial charge in [-0.25, -0.2) is 14.6 Å². The van der Waals surface area contributed by atoms with Crippen LogP contribution in [0.5, 0.6) is 5.75 Å². The zero-order chi connectivity index (χ0) is 21.3. The molecule has 2 aromatic heterocycles. The van der Waals surface area contributed by atoms with Gasteiger partial charge in [-0.05, 0) is 53.5 Å². The molecule has 8 heteroatoms. The summed E-state index contributed by atoms with van der Waals surface area (Å²) in [4.78, 5) is 33.7. The van der Waals surface area contributed by atoms with Gasteiger partial charge in [0, 0.05) is 24.5 Å². The van der Waals surface area contributed by atoms with Gasteiger partial charge < -0.3 is 24.5 Å². The second-order valence-electron chi connectivity index (χ2n) is 8.70. The molecule has 2 N–H and O–H groups in total. The van der Waals surface area contributed by atoms with Crippen molar-refractivity contribution in [3.8, 4) is 5.75 Å². The quantitative estimate of drug-likeness (QED) is 0.737. The van der Waals surface area contributed by atoms with Gasteiger partial charge in [0.05, 0.1) is 6.20 Å². The lowest BCUT2D eigenvalue weighted by Crippen LogP contribution is -2.41. The summed E-state index contributed by atoms with van der Waals surface area (Å²) in [6.07, 6.45) is 3.12. The van der Waals surface area contributed by atoms with E-state index in [0.717, 1.165) is 25.9 Å².